The fraction of sp³-hybridized carbons (Fsp3) is 0.125. The Morgan fingerprint density at radius 2 is 2.33 bits per heavy atom. The Kier molecular flexibility index (Phi) is 1.43. The van der Waals surface area contributed by atoms with E-state index in [-0.39, 0.29) is 5.46 Å². The number of benzene rings is 1. The van der Waals surface area contributed by atoms with Crippen LogP contribution in [0.5, 0.6) is 0 Å². The zero-order valence-electron chi connectivity index (χ0n) is 6.56. The molecule has 2 radical (unpaired) electrons. The molecular weight excluding hydrogens is 154 g/mol. The van der Waals surface area contributed by atoms with Gasteiger partial charge in [0.1, 0.15) is 19.2 Å². The van der Waals surface area contributed by atoms with Crippen molar-refractivity contribution in [2.75, 3.05) is 0 Å². The van der Waals surface area contributed by atoms with Gasteiger partial charge in [-0.1, -0.05) is 11.0 Å². The highest BCUT2D eigenvalue weighted by atomic mass is 19.1. The summed E-state index contributed by atoms with van der Waals surface area (Å²) >= 11 is 0. The molecule has 0 amide bonds. The van der Waals surface area contributed by atoms with Crippen molar-refractivity contribution in [1.29, 1.82) is 0 Å². The van der Waals surface area contributed by atoms with E-state index in [1.54, 1.807) is 19.2 Å². The van der Waals surface area contributed by atoms with E-state index in [0.717, 1.165) is 10.9 Å². The van der Waals surface area contributed by atoms with Crippen molar-refractivity contribution in [3.63, 3.8) is 0 Å². The molecule has 1 aromatic carbocycles. The summed E-state index contributed by atoms with van der Waals surface area (Å²) in [4.78, 5) is 0. The second-order valence-corrected chi connectivity index (χ2v) is 2.76. The predicted octanol–water partition coefficient (Wildman–Crippen LogP) is 0.804. The molecule has 2 aromatic rings. The summed E-state index contributed by atoms with van der Waals surface area (Å²) in [6.07, 6.45) is 1.57. The van der Waals surface area contributed by atoms with E-state index in [9.17, 15) is 4.39 Å². The first-order valence-electron chi connectivity index (χ1n) is 3.58. The lowest BCUT2D eigenvalue weighted by Gasteiger charge is -2.01. The Labute approximate surface area is 70.2 Å². The zero-order chi connectivity index (χ0) is 8.72. The molecule has 0 fully saturated rings. The second-order valence-electron chi connectivity index (χ2n) is 2.76. The fourth-order valence-corrected chi connectivity index (χ4v) is 1.20. The molecule has 1 heterocycles. The average Bonchev–Trinajstić information content (AvgIpc) is 2.48. The summed E-state index contributed by atoms with van der Waals surface area (Å²) < 4.78 is 13.3. The van der Waals surface area contributed by atoms with Crippen LogP contribution in [0.15, 0.2) is 12.3 Å². The highest BCUT2D eigenvalue weighted by Crippen LogP contribution is 2.14. The molecule has 12 heavy (non-hydrogen) atoms. The smallest absolute Gasteiger partial charge is 0.142 e. The monoisotopic (exact) mass is 160 g/mol. The van der Waals surface area contributed by atoms with Gasteiger partial charge in [0.15, 0.2) is 0 Å². The minimum atomic E-state index is -0.414. The Morgan fingerprint density at radius 1 is 1.58 bits per heavy atom. The van der Waals surface area contributed by atoms with E-state index >= 15 is 0 Å². The molecule has 0 aliphatic heterocycles. The summed E-state index contributed by atoms with van der Waals surface area (Å²) in [6, 6.07) is 1.80. The van der Waals surface area contributed by atoms with Gasteiger partial charge >= 0.3 is 0 Å². The van der Waals surface area contributed by atoms with Gasteiger partial charge in [0, 0.05) is 5.39 Å². The number of H-pyrrole nitrogens is 1. The largest absolute Gasteiger partial charge is 0.275 e. The van der Waals surface area contributed by atoms with Crippen LogP contribution in [-0.2, 0) is 0 Å². The maximum atomic E-state index is 13.3. The molecule has 0 spiro atoms. The first-order chi connectivity index (χ1) is 5.70. The number of fused-ring (bicyclic) bond motifs is 1. The van der Waals surface area contributed by atoms with Crippen molar-refractivity contribution in [2.24, 2.45) is 0 Å². The van der Waals surface area contributed by atoms with Gasteiger partial charge in [-0.25, -0.2) is 4.39 Å². The van der Waals surface area contributed by atoms with Crippen LogP contribution in [0.2, 0.25) is 0 Å². The molecule has 0 aliphatic carbocycles. The van der Waals surface area contributed by atoms with Crippen LogP contribution in [-0.4, -0.2) is 18.0 Å². The topological polar surface area (TPSA) is 28.7 Å². The van der Waals surface area contributed by atoms with Crippen molar-refractivity contribution in [2.45, 2.75) is 6.92 Å². The molecule has 0 unspecified atom stereocenters. The summed E-state index contributed by atoms with van der Waals surface area (Å²) in [7, 11) is 5.48. The molecule has 0 atom stereocenters. The normalized spacial score (nSPS) is 10.8. The molecule has 2 nitrogen and oxygen atoms in total. The molecule has 1 aromatic heterocycles. The van der Waals surface area contributed by atoms with Gasteiger partial charge in [-0.2, -0.15) is 5.10 Å². The molecule has 1 N–H and O–H groups in total. The first-order valence-corrected chi connectivity index (χ1v) is 3.58. The van der Waals surface area contributed by atoms with Gasteiger partial charge in [0.05, 0.1) is 6.20 Å². The van der Waals surface area contributed by atoms with Gasteiger partial charge in [-0.05, 0) is 13.0 Å². The molecule has 0 bridgehead atoms. The van der Waals surface area contributed by atoms with E-state index in [4.69, 9.17) is 7.85 Å². The van der Waals surface area contributed by atoms with Crippen LogP contribution in [0.3, 0.4) is 0 Å². The van der Waals surface area contributed by atoms with Gasteiger partial charge in [-0.15, -0.1) is 0 Å². The van der Waals surface area contributed by atoms with Gasteiger partial charge in [-0.3, -0.25) is 5.10 Å². The maximum Gasteiger partial charge on any atom is 0.142 e. The van der Waals surface area contributed by atoms with Gasteiger partial charge < -0.3 is 0 Å². The van der Waals surface area contributed by atoms with Crippen molar-refractivity contribution in [3.05, 3.63) is 23.6 Å². The number of halogens is 1. The first kappa shape index (κ1) is 7.34. The summed E-state index contributed by atoms with van der Waals surface area (Å²) in [5.74, 6) is -0.414. The molecule has 0 saturated heterocycles. The number of aromatic amines is 1. The van der Waals surface area contributed by atoms with Crippen molar-refractivity contribution in [3.8, 4) is 0 Å². The number of nitrogens with zero attached hydrogens (tertiary/aromatic N) is 1. The fourth-order valence-electron chi connectivity index (χ4n) is 1.20. The summed E-state index contributed by atoms with van der Waals surface area (Å²) in [6.45, 7) is 1.77. The molecular formula is C8H6BFN2. The van der Waals surface area contributed by atoms with E-state index in [1.165, 1.54) is 0 Å². The molecule has 2 rings (SSSR count). The lowest BCUT2D eigenvalue weighted by molar-refractivity contribution is 0.643. The second kappa shape index (κ2) is 2.34. The lowest BCUT2D eigenvalue weighted by Crippen LogP contribution is -2.12. The third-order valence-corrected chi connectivity index (χ3v) is 1.92. The SMILES string of the molecule is [B]c1c(C)cc2cn[nH]c2c1F. The van der Waals surface area contributed by atoms with Crippen LogP contribution in [0, 0.1) is 12.7 Å². The minimum absolute atomic E-state index is 0.187. The Bertz CT molecular complexity index is 436. The highest BCUT2D eigenvalue weighted by molar-refractivity contribution is 6.34. The van der Waals surface area contributed by atoms with Crippen LogP contribution in [0.25, 0.3) is 10.9 Å². The third-order valence-electron chi connectivity index (χ3n) is 1.92. The maximum absolute atomic E-state index is 13.3. The van der Waals surface area contributed by atoms with Crippen molar-refractivity contribution in [1.82, 2.24) is 10.2 Å². The number of rotatable bonds is 0. The minimum Gasteiger partial charge on any atom is -0.275 e. The molecule has 58 valence electrons. The molecule has 4 heteroatoms. The Morgan fingerprint density at radius 3 is 3.08 bits per heavy atom. The van der Waals surface area contributed by atoms with E-state index in [2.05, 4.69) is 10.2 Å². The number of nitrogens with one attached hydrogen (secondary N) is 1. The van der Waals surface area contributed by atoms with E-state index in [0.29, 0.717) is 5.52 Å². The number of hydrogen-bond acceptors (Lipinski definition) is 1. The Balaban J connectivity index is 2.94. The van der Waals surface area contributed by atoms with Crippen molar-refractivity contribution >= 4 is 24.2 Å². The summed E-state index contributed by atoms with van der Waals surface area (Å²) in [5, 5.41) is 7.02. The van der Waals surface area contributed by atoms with E-state index < -0.39 is 5.82 Å². The van der Waals surface area contributed by atoms with Gasteiger partial charge in [0.25, 0.3) is 0 Å². The lowest BCUT2D eigenvalue weighted by atomic mass is 9.89. The zero-order valence-corrected chi connectivity index (χ0v) is 6.56. The standard InChI is InChI=1S/C8H6BFN2/c1-4-2-5-3-11-12-8(5)7(10)6(4)9/h2-3H,1H3,(H,11,12). The molecule has 0 aliphatic rings. The quantitative estimate of drug-likeness (QED) is 0.567. The number of aromatic nitrogens is 2. The van der Waals surface area contributed by atoms with E-state index in [1.807, 2.05) is 0 Å². The Hall–Kier alpha value is -1.32. The number of hydrogen-bond donors (Lipinski definition) is 1. The van der Waals surface area contributed by atoms with Crippen molar-refractivity contribution < 1.29 is 4.39 Å². The van der Waals surface area contributed by atoms with Crippen LogP contribution in [0.1, 0.15) is 5.56 Å². The third kappa shape index (κ3) is 0.842. The highest BCUT2D eigenvalue weighted by Gasteiger charge is 2.07. The summed E-state index contributed by atoms with van der Waals surface area (Å²) in [5.41, 5.74) is 1.30. The van der Waals surface area contributed by atoms with Crippen LogP contribution >= 0.6 is 0 Å². The average molecular weight is 160 g/mol. The van der Waals surface area contributed by atoms with Crippen LogP contribution < -0.4 is 5.46 Å². The number of aryl methyl sites for hydroxylation is 1. The van der Waals surface area contributed by atoms with Gasteiger partial charge in [0.2, 0.25) is 0 Å². The molecule has 0 saturated carbocycles. The predicted molar refractivity (Wildman–Crippen MR) is 46.2 cm³/mol. The van der Waals surface area contributed by atoms with Crippen LogP contribution in [0.4, 0.5) is 4.39 Å².